The molecule has 0 saturated carbocycles. The van der Waals surface area contributed by atoms with E-state index in [-0.39, 0.29) is 31.1 Å². The Labute approximate surface area is 409 Å². The zero-order valence-electron chi connectivity index (χ0n) is 43.7. The number of hydrogen-bond donors (Lipinski definition) is 0. The topological polar surface area (TPSA) is 78.9 Å². The maximum Gasteiger partial charge on any atom is 0.306 e. The maximum atomic E-state index is 12.8. The molecule has 0 aliphatic rings. The zero-order valence-corrected chi connectivity index (χ0v) is 43.7. The van der Waals surface area contributed by atoms with Gasteiger partial charge in [-0.15, -0.1) is 0 Å². The van der Waals surface area contributed by atoms with Crippen LogP contribution < -0.4 is 0 Å². The fourth-order valence-electron chi connectivity index (χ4n) is 7.90. The standard InChI is InChI=1S/C60H106O6/c1-4-7-10-13-16-19-22-25-28-29-30-31-33-35-38-41-44-47-50-53-59(62)65-56-57(55-64-58(61)52-49-46-43-40-37-34-27-24-21-18-15-12-9-6-3)66-60(63)54-51-48-45-42-39-36-32-26-23-20-17-14-11-8-5-2/h15-16,18-20,23-25,27-28,57H,4-14,17,21-22,26,29-56H2,1-3H3/b18-15+,19-16+,23-20+,27-24+,28-25+/t57-/m1/s1. The Balaban J connectivity index is 4.38. The minimum atomic E-state index is -0.783. The molecule has 0 aliphatic heterocycles. The Morgan fingerprint density at radius 1 is 0.303 bits per heavy atom. The minimum Gasteiger partial charge on any atom is -0.462 e. The van der Waals surface area contributed by atoms with Crippen LogP contribution in [0.5, 0.6) is 0 Å². The Morgan fingerprint density at radius 2 is 0.561 bits per heavy atom. The Hall–Kier alpha value is -2.89. The van der Waals surface area contributed by atoms with Gasteiger partial charge in [-0.1, -0.05) is 223 Å². The minimum absolute atomic E-state index is 0.0819. The average molecular weight is 924 g/mol. The molecule has 0 rings (SSSR count). The first-order chi connectivity index (χ1) is 32.5. The second kappa shape index (κ2) is 54.7. The van der Waals surface area contributed by atoms with Crippen molar-refractivity contribution in [1.82, 2.24) is 0 Å². The van der Waals surface area contributed by atoms with Gasteiger partial charge in [0.1, 0.15) is 13.2 Å². The number of allylic oxidation sites excluding steroid dienone is 10. The van der Waals surface area contributed by atoms with E-state index in [1.807, 2.05) is 0 Å². The Bertz CT molecular complexity index is 1200. The summed E-state index contributed by atoms with van der Waals surface area (Å²) in [5.41, 5.74) is 0. The summed E-state index contributed by atoms with van der Waals surface area (Å²) in [7, 11) is 0. The molecule has 0 saturated heterocycles. The molecular formula is C60H106O6. The number of hydrogen-bond acceptors (Lipinski definition) is 6. The van der Waals surface area contributed by atoms with Gasteiger partial charge in [-0.25, -0.2) is 0 Å². The SMILES string of the molecule is CCCC/C=C/C/C=C/CCCCCCCC(=O)OC[C@H](COC(=O)CCCCCCCCCCC/C=C/C/C=C/CCCCC)OC(=O)CCCCCCCCC/C=C/CCCCCC. The van der Waals surface area contributed by atoms with E-state index >= 15 is 0 Å². The second-order valence-electron chi connectivity index (χ2n) is 18.8. The van der Waals surface area contributed by atoms with Crippen molar-refractivity contribution < 1.29 is 28.6 Å². The molecule has 0 unspecified atom stereocenters. The number of esters is 3. The van der Waals surface area contributed by atoms with Crippen LogP contribution in [0, 0.1) is 0 Å². The molecule has 6 heteroatoms. The molecule has 0 aromatic rings. The van der Waals surface area contributed by atoms with Crippen molar-refractivity contribution in [2.45, 2.75) is 290 Å². The summed E-state index contributed by atoms with van der Waals surface area (Å²) in [4.78, 5) is 38.1. The molecule has 0 bridgehead atoms. The lowest BCUT2D eigenvalue weighted by Gasteiger charge is -2.18. The Kier molecular flexibility index (Phi) is 52.3. The lowest BCUT2D eigenvalue weighted by Crippen LogP contribution is -2.30. The van der Waals surface area contributed by atoms with Crippen LogP contribution in [0.2, 0.25) is 0 Å². The maximum absolute atomic E-state index is 12.8. The van der Waals surface area contributed by atoms with E-state index < -0.39 is 6.10 Å². The highest BCUT2D eigenvalue weighted by molar-refractivity contribution is 5.71. The smallest absolute Gasteiger partial charge is 0.306 e. The van der Waals surface area contributed by atoms with E-state index in [4.69, 9.17) is 14.2 Å². The van der Waals surface area contributed by atoms with Gasteiger partial charge in [0.2, 0.25) is 0 Å². The van der Waals surface area contributed by atoms with E-state index in [0.717, 1.165) is 83.5 Å². The molecule has 6 nitrogen and oxygen atoms in total. The number of ether oxygens (including phenoxy) is 3. The number of rotatable bonds is 51. The molecule has 0 heterocycles. The molecule has 1 atom stereocenters. The monoisotopic (exact) mass is 923 g/mol. The molecule has 0 fully saturated rings. The number of carbonyl (C=O) groups is 3. The van der Waals surface area contributed by atoms with Crippen LogP contribution in [0.1, 0.15) is 284 Å². The van der Waals surface area contributed by atoms with Crippen LogP contribution >= 0.6 is 0 Å². The van der Waals surface area contributed by atoms with Gasteiger partial charge >= 0.3 is 17.9 Å². The van der Waals surface area contributed by atoms with Crippen molar-refractivity contribution in [2.24, 2.45) is 0 Å². The largest absolute Gasteiger partial charge is 0.462 e. The molecule has 0 N–H and O–H groups in total. The molecule has 0 aromatic carbocycles. The van der Waals surface area contributed by atoms with Gasteiger partial charge in [0.25, 0.3) is 0 Å². The molecule has 0 spiro atoms. The van der Waals surface area contributed by atoms with Crippen molar-refractivity contribution in [2.75, 3.05) is 13.2 Å². The quantitative estimate of drug-likeness (QED) is 0.0262. The van der Waals surface area contributed by atoms with Crippen LogP contribution in [0.3, 0.4) is 0 Å². The average Bonchev–Trinajstić information content (AvgIpc) is 3.31. The first-order valence-corrected chi connectivity index (χ1v) is 28.3. The van der Waals surface area contributed by atoms with Gasteiger partial charge in [-0.05, 0) is 103 Å². The molecule has 0 amide bonds. The predicted molar refractivity (Wildman–Crippen MR) is 284 cm³/mol. The summed E-state index contributed by atoms with van der Waals surface area (Å²) in [6, 6.07) is 0. The van der Waals surface area contributed by atoms with Gasteiger partial charge in [0.15, 0.2) is 6.10 Å². The van der Waals surface area contributed by atoms with E-state index in [2.05, 4.69) is 81.5 Å². The van der Waals surface area contributed by atoms with Crippen molar-refractivity contribution in [3.8, 4) is 0 Å². The van der Waals surface area contributed by atoms with Gasteiger partial charge in [-0.2, -0.15) is 0 Å². The molecular weight excluding hydrogens is 817 g/mol. The number of unbranched alkanes of at least 4 members (excludes halogenated alkanes) is 30. The third-order valence-electron chi connectivity index (χ3n) is 12.2. The highest BCUT2D eigenvalue weighted by Crippen LogP contribution is 2.15. The summed E-state index contributed by atoms with van der Waals surface area (Å²) >= 11 is 0. The highest BCUT2D eigenvalue weighted by Gasteiger charge is 2.19. The highest BCUT2D eigenvalue weighted by atomic mass is 16.6. The van der Waals surface area contributed by atoms with Crippen molar-refractivity contribution >= 4 is 17.9 Å². The summed E-state index contributed by atoms with van der Waals surface area (Å²) in [5, 5.41) is 0. The molecule has 0 aromatic heterocycles. The van der Waals surface area contributed by atoms with E-state index in [1.54, 1.807) is 0 Å². The third-order valence-corrected chi connectivity index (χ3v) is 12.2. The first-order valence-electron chi connectivity index (χ1n) is 28.3. The molecule has 0 radical (unpaired) electrons. The fourth-order valence-corrected chi connectivity index (χ4v) is 7.90. The lowest BCUT2D eigenvalue weighted by atomic mass is 10.1. The summed E-state index contributed by atoms with van der Waals surface area (Å²) < 4.78 is 16.8. The van der Waals surface area contributed by atoms with Crippen LogP contribution in [0.25, 0.3) is 0 Å². The van der Waals surface area contributed by atoms with Crippen LogP contribution in [0.15, 0.2) is 60.8 Å². The summed E-state index contributed by atoms with van der Waals surface area (Å²) in [6.45, 7) is 6.56. The lowest BCUT2D eigenvalue weighted by molar-refractivity contribution is -0.167. The van der Waals surface area contributed by atoms with Gasteiger partial charge < -0.3 is 14.2 Å². The van der Waals surface area contributed by atoms with Gasteiger partial charge in [0.05, 0.1) is 0 Å². The summed E-state index contributed by atoms with van der Waals surface area (Å²) in [6.07, 6.45) is 67.7. The third kappa shape index (κ3) is 52.1. The van der Waals surface area contributed by atoms with Crippen molar-refractivity contribution in [3.05, 3.63) is 60.8 Å². The number of carbonyl (C=O) groups excluding carboxylic acids is 3. The van der Waals surface area contributed by atoms with E-state index in [0.29, 0.717) is 19.3 Å². The zero-order chi connectivity index (χ0) is 47.9. The van der Waals surface area contributed by atoms with Crippen LogP contribution in [-0.4, -0.2) is 37.2 Å². The molecule has 66 heavy (non-hydrogen) atoms. The molecule has 0 aliphatic carbocycles. The van der Waals surface area contributed by atoms with Gasteiger partial charge in [-0.3, -0.25) is 14.4 Å². The predicted octanol–water partition coefficient (Wildman–Crippen LogP) is 18.8. The van der Waals surface area contributed by atoms with Gasteiger partial charge in [0, 0.05) is 19.3 Å². The fraction of sp³-hybridized carbons (Fsp3) is 0.783. The van der Waals surface area contributed by atoms with Crippen LogP contribution in [0.4, 0.5) is 0 Å². The molecule has 382 valence electrons. The second-order valence-corrected chi connectivity index (χ2v) is 18.8. The van der Waals surface area contributed by atoms with E-state index in [9.17, 15) is 14.4 Å². The Morgan fingerprint density at radius 3 is 0.924 bits per heavy atom. The van der Waals surface area contributed by atoms with Crippen molar-refractivity contribution in [3.63, 3.8) is 0 Å². The van der Waals surface area contributed by atoms with E-state index in [1.165, 1.54) is 161 Å². The normalized spacial score (nSPS) is 12.5. The first kappa shape index (κ1) is 63.1. The van der Waals surface area contributed by atoms with Crippen LogP contribution in [-0.2, 0) is 28.6 Å². The summed E-state index contributed by atoms with van der Waals surface area (Å²) in [5.74, 6) is -0.896. The van der Waals surface area contributed by atoms with Crippen molar-refractivity contribution in [1.29, 1.82) is 0 Å².